The van der Waals surface area contributed by atoms with Crippen LogP contribution >= 0.6 is 11.3 Å². The van der Waals surface area contributed by atoms with Gasteiger partial charge in [-0.25, -0.2) is 22.2 Å². The molecule has 1 N–H and O–H groups in total. The first-order chi connectivity index (χ1) is 19.6. The molecule has 3 aromatic carbocycles. The number of aromatic nitrogens is 1. The Bertz CT molecular complexity index is 1640. The summed E-state index contributed by atoms with van der Waals surface area (Å²) in [5.74, 6) is -1.22. The summed E-state index contributed by atoms with van der Waals surface area (Å²) in [5.41, 5.74) is 2.96. The average Bonchev–Trinajstić information content (AvgIpc) is 3.46. The van der Waals surface area contributed by atoms with Gasteiger partial charge in [0.1, 0.15) is 11.6 Å². The number of hydrogen-bond acceptors (Lipinski definition) is 6. The lowest BCUT2D eigenvalue weighted by Crippen LogP contribution is -2.26. The van der Waals surface area contributed by atoms with E-state index in [0.717, 1.165) is 22.2 Å². The quantitative estimate of drug-likeness (QED) is 0.232. The number of nitrogens with zero attached hydrogens (tertiary/aromatic N) is 2. The second-order valence-corrected chi connectivity index (χ2v) is 13.8. The maximum atomic E-state index is 14.3. The van der Waals surface area contributed by atoms with E-state index < -0.39 is 21.5 Å². The minimum atomic E-state index is -3.44. The molecule has 0 aliphatic carbocycles. The number of amides is 1. The minimum Gasteiger partial charge on any atom is -0.302 e. The fraction of sp³-hybridized carbons (Fsp3) is 0.290. The van der Waals surface area contributed by atoms with Gasteiger partial charge in [-0.2, -0.15) is 0 Å². The number of nitrogens with one attached hydrogen (secondary N) is 1. The van der Waals surface area contributed by atoms with Crippen molar-refractivity contribution in [3.8, 4) is 0 Å². The van der Waals surface area contributed by atoms with Crippen molar-refractivity contribution in [1.82, 2.24) is 9.88 Å². The Hall–Kier alpha value is -3.47. The van der Waals surface area contributed by atoms with E-state index in [4.69, 9.17) is 4.98 Å². The molecule has 0 saturated heterocycles. The fourth-order valence-electron chi connectivity index (χ4n) is 5.16. The normalized spacial score (nSPS) is 15.3. The van der Waals surface area contributed by atoms with Crippen LogP contribution in [-0.2, 0) is 40.6 Å². The molecule has 0 bridgehead atoms. The van der Waals surface area contributed by atoms with E-state index in [2.05, 4.69) is 24.1 Å². The Balaban J connectivity index is 1.19. The Kier molecular flexibility index (Phi) is 8.63. The molecule has 0 unspecified atom stereocenters. The molecule has 0 radical (unpaired) electrons. The Morgan fingerprint density at radius 2 is 1.78 bits per heavy atom. The van der Waals surface area contributed by atoms with Crippen molar-refractivity contribution in [3.63, 3.8) is 0 Å². The summed E-state index contributed by atoms with van der Waals surface area (Å²) >= 11 is 1.39. The summed E-state index contributed by atoms with van der Waals surface area (Å²) in [5, 5.41) is 3.37. The number of halogens is 2. The van der Waals surface area contributed by atoms with Crippen molar-refractivity contribution in [2.45, 2.75) is 50.7 Å². The number of sulfone groups is 1. The smallest absolute Gasteiger partial charge is 0.230 e. The third-order valence-corrected chi connectivity index (χ3v) is 9.87. The van der Waals surface area contributed by atoms with E-state index in [9.17, 15) is 22.0 Å². The van der Waals surface area contributed by atoms with Crippen LogP contribution in [0, 0.1) is 17.6 Å². The van der Waals surface area contributed by atoms with E-state index in [1.807, 2.05) is 30.3 Å². The fourth-order valence-corrected chi connectivity index (χ4v) is 7.49. The molecule has 1 atom stereocenters. The van der Waals surface area contributed by atoms with Crippen molar-refractivity contribution in [2.75, 3.05) is 11.1 Å². The Morgan fingerprint density at radius 3 is 2.46 bits per heavy atom. The number of aryl methyl sites for hydroxylation is 1. The minimum absolute atomic E-state index is 0.0131. The highest BCUT2D eigenvalue weighted by Gasteiger charge is 2.36. The summed E-state index contributed by atoms with van der Waals surface area (Å²) in [6.07, 6.45) is 0.516. The zero-order chi connectivity index (χ0) is 29.1. The molecule has 214 valence electrons. The molecule has 1 amide bonds. The molecule has 0 fully saturated rings. The highest BCUT2D eigenvalue weighted by atomic mass is 32.2. The van der Waals surface area contributed by atoms with Gasteiger partial charge in [0, 0.05) is 29.6 Å². The van der Waals surface area contributed by atoms with Crippen LogP contribution in [0.5, 0.6) is 0 Å². The van der Waals surface area contributed by atoms with Gasteiger partial charge in [-0.15, -0.1) is 11.3 Å². The summed E-state index contributed by atoms with van der Waals surface area (Å²) in [6.45, 7) is 5.02. The Morgan fingerprint density at radius 1 is 1.05 bits per heavy atom. The third kappa shape index (κ3) is 6.89. The molecule has 4 aromatic rings. The van der Waals surface area contributed by atoms with E-state index >= 15 is 0 Å². The number of fused-ring (bicyclic) bond motifs is 1. The highest BCUT2D eigenvalue weighted by molar-refractivity contribution is 7.91. The molecule has 1 aliphatic rings. The largest absolute Gasteiger partial charge is 0.302 e. The SMILES string of the molecule is CC(C)[C@H]1c2nc(NC(=O)Cc3ccc(S(=O)(=O)CCc4ccccc4)cc3)sc2CN1Cc1ccc(F)cc1F. The van der Waals surface area contributed by atoms with Gasteiger partial charge in [0.25, 0.3) is 0 Å². The number of thiazole rings is 1. The summed E-state index contributed by atoms with van der Waals surface area (Å²) in [7, 11) is -3.44. The second-order valence-electron chi connectivity index (χ2n) is 10.6. The van der Waals surface area contributed by atoms with Crippen LogP contribution < -0.4 is 5.32 Å². The average molecular weight is 596 g/mol. The maximum Gasteiger partial charge on any atom is 0.230 e. The van der Waals surface area contributed by atoms with Crippen LogP contribution in [0.2, 0.25) is 0 Å². The number of anilines is 1. The maximum absolute atomic E-state index is 14.3. The molecular formula is C31H31F2N3O3S2. The van der Waals surface area contributed by atoms with Crippen molar-refractivity contribution < 1.29 is 22.0 Å². The zero-order valence-corrected chi connectivity index (χ0v) is 24.4. The number of carbonyl (C=O) groups is 1. The summed E-state index contributed by atoms with van der Waals surface area (Å²) in [6, 6.07) is 19.5. The van der Waals surface area contributed by atoms with E-state index in [1.165, 1.54) is 23.5 Å². The first kappa shape index (κ1) is 29.0. The number of rotatable bonds is 10. The van der Waals surface area contributed by atoms with Gasteiger partial charge in [-0.05, 0) is 41.7 Å². The van der Waals surface area contributed by atoms with E-state index in [1.54, 1.807) is 24.3 Å². The molecule has 2 heterocycles. The lowest BCUT2D eigenvalue weighted by molar-refractivity contribution is -0.115. The van der Waals surface area contributed by atoms with Crippen molar-refractivity contribution in [3.05, 3.63) is 112 Å². The lowest BCUT2D eigenvalue weighted by Gasteiger charge is -2.27. The monoisotopic (exact) mass is 595 g/mol. The molecule has 0 spiro atoms. The number of benzene rings is 3. The highest BCUT2D eigenvalue weighted by Crippen LogP contribution is 2.43. The van der Waals surface area contributed by atoms with Crippen LogP contribution in [0.3, 0.4) is 0 Å². The van der Waals surface area contributed by atoms with Crippen LogP contribution in [-0.4, -0.2) is 30.0 Å². The van der Waals surface area contributed by atoms with Crippen molar-refractivity contribution in [1.29, 1.82) is 0 Å². The molecule has 1 aromatic heterocycles. The van der Waals surface area contributed by atoms with E-state index in [-0.39, 0.29) is 34.9 Å². The third-order valence-electron chi connectivity index (χ3n) is 7.16. The second kappa shape index (κ2) is 12.2. The lowest BCUT2D eigenvalue weighted by atomic mass is 10.0. The first-order valence-electron chi connectivity index (χ1n) is 13.4. The van der Waals surface area contributed by atoms with Gasteiger partial charge >= 0.3 is 0 Å². The van der Waals surface area contributed by atoms with Gasteiger partial charge in [-0.3, -0.25) is 9.69 Å². The van der Waals surface area contributed by atoms with Gasteiger partial charge < -0.3 is 5.32 Å². The van der Waals surface area contributed by atoms with Crippen molar-refractivity contribution in [2.24, 2.45) is 5.92 Å². The van der Waals surface area contributed by atoms with Gasteiger partial charge in [-0.1, -0.05) is 62.4 Å². The van der Waals surface area contributed by atoms with Crippen LogP contribution in [0.4, 0.5) is 13.9 Å². The number of carbonyl (C=O) groups excluding carboxylic acids is 1. The topological polar surface area (TPSA) is 79.4 Å². The van der Waals surface area contributed by atoms with Crippen LogP contribution in [0.15, 0.2) is 77.7 Å². The zero-order valence-electron chi connectivity index (χ0n) is 22.8. The molecule has 6 nitrogen and oxygen atoms in total. The van der Waals surface area contributed by atoms with E-state index in [0.29, 0.717) is 35.8 Å². The number of hydrogen-bond donors (Lipinski definition) is 1. The first-order valence-corrected chi connectivity index (χ1v) is 15.9. The Labute approximate surface area is 243 Å². The van der Waals surface area contributed by atoms with Gasteiger partial charge in [0.05, 0.1) is 28.8 Å². The molecule has 10 heteroatoms. The predicted molar refractivity (Wildman–Crippen MR) is 156 cm³/mol. The van der Waals surface area contributed by atoms with Crippen LogP contribution in [0.1, 0.15) is 47.2 Å². The van der Waals surface area contributed by atoms with Crippen LogP contribution in [0.25, 0.3) is 0 Å². The molecule has 0 saturated carbocycles. The standard InChI is InChI=1S/C31H31F2N3O3S2/c1-20(2)30-29-27(19-36(30)18-23-10-11-24(32)17-26(23)33)40-31(35-29)34-28(37)16-22-8-12-25(13-9-22)41(38,39)15-14-21-6-4-3-5-7-21/h3-13,17,20,30H,14-16,18-19H2,1-2H3,(H,34,35,37)/t30-/m0/s1. The molecular weight excluding hydrogens is 564 g/mol. The van der Waals surface area contributed by atoms with Gasteiger partial charge in [0.15, 0.2) is 15.0 Å². The summed E-state index contributed by atoms with van der Waals surface area (Å²) < 4.78 is 53.1. The molecule has 5 rings (SSSR count). The predicted octanol–water partition coefficient (Wildman–Crippen LogP) is 6.33. The molecule has 41 heavy (non-hydrogen) atoms. The summed E-state index contributed by atoms with van der Waals surface area (Å²) in [4.78, 5) is 20.9. The van der Waals surface area contributed by atoms with Gasteiger partial charge in [0.2, 0.25) is 5.91 Å². The molecule has 1 aliphatic heterocycles. The van der Waals surface area contributed by atoms with Crippen molar-refractivity contribution >= 4 is 32.2 Å².